The van der Waals surface area contributed by atoms with Crippen LogP contribution >= 0.6 is 11.3 Å². The molecule has 1 N–H and O–H groups in total. The van der Waals surface area contributed by atoms with Gasteiger partial charge in [0.2, 0.25) is 0 Å². The van der Waals surface area contributed by atoms with Gasteiger partial charge in [-0.2, -0.15) is 0 Å². The molecule has 2 nitrogen and oxygen atoms in total. The zero-order chi connectivity index (χ0) is 12.8. The lowest BCUT2D eigenvalue weighted by atomic mass is 10.1. The van der Waals surface area contributed by atoms with Gasteiger partial charge >= 0.3 is 0 Å². The van der Waals surface area contributed by atoms with Crippen LogP contribution in [-0.2, 0) is 19.4 Å². The molecule has 0 aliphatic heterocycles. The Morgan fingerprint density at radius 2 is 2.11 bits per heavy atom. The van der Waals surface area contributed by atoms with E-state index in [0.29, 0.717) is 0 Å². The normalized spacial score (nSPS) is 15.7. The fourth-order valence-electron chi connectivity index (χ4n) is 2.60. The molecule has 0 atom stereocenters. The standard InChI is InChI=1S/C15H26N2S/c1-3-16-9-10-17(2)12-14-11-13-7-5-4-6-8-15(13)18-14/h11,16H,3-10,12H2,1-2H3. The van der Waals surface area contributed by atoms with E-state index in [0.717, 1.165) is 26.2 Å². The van der Waals surface area contributed by atoms with Crippen molar-refractivity contribution >= 4 is 11.3 Å². The maximum Gasteiger partial charge on any atom is 0.0325 e. The van der Waals surface area contributed by atoms with Gasteiger partial charge < -0.3 is 10.2 Å². The van der Waals surface area contributed by atoms with Crippen molar-refractivity contribution in [3.8, 4) is 0 Å². The van der Waals surface area contributed by atoms with E-state index in [9.17, 15) is 0 Å². The van der Waals surface area contributed by atoms with Crippen LogP contribution in [0.2, 0.25) is 0 Å². The van der Waals surface area contributed by atoms with E-state index in [1.54, 1.807) is 15.3 Å². The van der Waals surface area contributed by atoms with Crippen molar-refractivity contribution in [2.24, 2.45) is 0 Å². The van der Waals surface area contributed by atoms with Crippen LogP contribution in [0, 0.1) is 0 Å². The fourth-order valence-corrected chi connectivity index (χ4v) is 3.94. The summed E-state index contributed by atoms with van der Waals surface area (Å²) >= 11 is 2.05. The second kappa shape index (κ2) is 7.27. The van der Waals surface area contributed by atoms with E-state index in [-0.39, 0.29) is 0 Å². The molecule has 0 radical (unpaired) electrons. The number of thiophene rings is 1. The van der Waals surface area contributed by atoms with Crippen LogP contribution in [0.1, 0.15) is 41.5 Å². The molecule has 0 aromatic carbocycles. The van der Waals surface area contributed by atoms with Crippen LogP contribution in [0.15, 0.2) is 6.07 Å². The molecule has 1 aromatic heterocycles. The molecule has 0 spiro atoms. The number of aryl methyl sites for hydroxylation is 2. The van der Waals surface area contributed by atoms with Gasteiger partial charge in [-0.1, -0.05) is 13.3 Å². The molecule has 0 bridgehead atoms. The molecule has 102 valence electrons. The summed E-state index contributed by atoms with van der Waals surface area (Å²) in [6.45, 7) is 6.58. The minimum absolute atomic E-state index is 1.07. The van der Waals surface area contributed by atoms with Crippen molar-refractivity contribution in [3.63, 3.8) is 0 Å². The predicted molar refractivity (Wildman–Crippen MR) is 80.5 cm³/mol. The topological polar surface area (TPSA) is 15.3 Å². The Balaban J connectivity index is 1.85. The average molecular weight is 266 g/mol. The highest BCUT2D eigenvalue weighted by atomic mass is 32.1. The van der Waals surface area contributed by atoms with E-state index in [4.69, 9.17) is 0 Å². The summed E-state index contributed by atoms with van der Waals surface area (Å²) in [6.07, 6.45) is 6.83. The Labute approximate surface area is 115 Å². The average Bonchev–Trinajstić information content (AvgIpc) is 2.59. The summed E-state index contributed by atoms with van der Waals surface area (Å²) in [6, 6.07) is 2.47. The van der Waals surface area contributed by atoms with Gasteiger partial charge in [0.15, 0.2) is 0 Å². The van der Waals surface area contributed by atoms with Crippen LogP contribution in [0.3, 0.4) is 0 Å². The van der Waals surface area contributed by atoms with Gasteiger partial charge in [-0.15, -0.1) is 11.3 Å². The monoisotopic (exact) mass is 266 g/mol. The quantitative estimate of drug-likeness (QED) is 0.629. The van der Waals surface area contributed by atoms with Gasteiger partial charge in [0, 0.05) is 29.4 Å². The van der Waals surface area contributed by atoms with Crippen LogP contribution in [0.4, 0.5) is 0 Å². The number of hydrogen-bond acceptors (Lipinski definition) is 3. The first-order chi connectivity index (χ1) is 8.79. The van der Waals surface area contributed by atoms with E-state index in [1.807, 2.05) is 0 Å². The molecule has 0 amide bonds. The van der Waals surface area contributed by atoms with Gasteiger partial charge in [0.1, 0.15) is 0 Å². The predicted octanol–water partition coefficient (Wildman–Crippen LogP) is 3.06. The molecule has 0 saturated carbocycles. The lowest BCUT2D eigenvalue weighted by Gasteiger charge is -2.15. The van der Waals surface area contributed by atoms with E-state index < -0.39 is 0 Å². The first-order valence-electron chi connectivity index (χ1n) is 7.29. The summed E-state index contributed by atoms with van der Waals surface area (Å²) < 4.78 is 0. The van der Waals surface area contributed by atoms with Crippen molar-refractivity contribution in [1.29, 1.82) is 0 Å². The Morgan fingerprint density at radius 3 is 2.94 bits per heavy atom. The molecule has 0 unspecified atom stereocenters. The van der Waals surface area contributed by atoms with Gasteiger partial charge in [-0.25, -0.2) is 0 Å². The van der Waals surface area contributed by atoms with Crippen molar-refractivity contribution in [1.82, 2.24) is 10.2 Å². The fraction of sp³-hybridized carbons (Fsp3) is 0.733. The number of fused-ring (bicyclic) bond motifs is 1. The van der Waals surface area contributed by atoms with Crippen molar-refractivity contribution in [2.75, 3.05) is 26.7 Å². The maximum absolute atomic E-state index is 3.38. The van der Waals surface area contributed by atoms with Crippen molar-refractivity contribution < 1.29 is 0 Å². The summed E-state index contributed by atoms with van der Waals surface area (Å²) in [5.41, 5.74) is 1.65. The Kier molecular flexibility index (Phi) is 5.67. The highest BCUT2D eigenvalue weighted by Crippen LogP contribution is 2.29. The van der Waals surface area contributed by atoms with E-state index in [1.165, 1.54) is 32.1 Å². The molecule has 1 aliphatic rings. The van der Waals surface area contributed by atoms with Crippen molar-refractivity contribution in [2.45, 2.75) is 45.6 Å². The summed E-state index contributed by atoms with van der Waals surface area (Å²) in [5.74, 6) is 0. The minimum Gasteiger partial charge on any atom is -0.316 e. The molecule has 0 fully saturated rings. The highest BCUT2D eigenvalue weighted by Gasteiger charge is 2.12. The smallest absolute Gasteiger partial charge is 0.0325 e. The molecule has 1 heterocycles. The molecule has 2 rings (SSSR count). The number of nitrogens with zero attached hydrogens (tertiary/aromatic N) is 1. The maximum atomic E-state index is 3.38. The molecular weight excluding hydrogens is 240 g/mol. The summed E-state index contributed by atoms with van der Waals surface area (Å²) in [7, 11) is 2.22. The summed E-state index contributed by atoms with van der Waals surface area (Å²) in [4.78, 5) is 5.65. The third-order valence-corrected chi connectivity index (χ3v) is 4.87. The molecule has 18 heavy (non-hydrogen) atoms. The first kappa shape index (κ1) is 14.0. The van der Waals surface area contributed by atoms with Crippen LogP contribution in [-0.4, -0.2) is 31.6 Å². The van der Waals surface area contributed by atoms with Crippen LogP contribution < -0.4 is 5.32 Å². The lowest BCUT2D eigenvalue weighted by Crippen LogP contribution is -2.28. The second-order valence-electron chi connectivity index (χ2n) is 5.31. The third-order valence-electron chi connectivity index (χ3n) is 3.64. The van der Waals surface area contributed by atoms with Crippen LogP contribution in [0.5, 0.6) is 0 Å². The Hall–Kier alpha value is -0.380. The molecule has 1 aliphatic carbocycles. The highest BCUT2D eigenvalue weighted by molar-refractivity contribution is 7.12. The van der Waals surface area contributed by atoms with E-state index >= 15 is 0 Å². The second-order valence-corrected chi connectivity index (χ2v) is 6.53. The van der Waals surface area contributed by atoms with Gasteiger partial charge in [-0.3, -0.25) is 0 Å². The van der Waals surface area contributed by atoms with Gasteiger partial charge in [0.25, 0.3) is 0 Å². The van der Waals surface area contributed by atoms with Gasteiger partial charge in [0.05, 0.1) is 0 Å². The molecule has 3 heteroatoms. The Morgan fingerprint density at radius 1 is 1.28 bits per heavy atom. The third kappa shape index (κ3) is 4.08. The number of rotatable bonds is 6. The van der Waals surface area contributed by atoms with Crippen molar-refractivity contribution in [3.05, 3.63) is 21.4 Å². The zero-order valence-electron chi connectivity index (χ0n) is 11.8. The molecule has 0 saturated heterocycles. The van der Waals surface area contributed by atoms with Crippen LogP contribution in [0.25, 0.3) is 0 Å². The minimum atomic E-state index is 1.07. The largest absolute Gasteiger partial charge is 0.316 e. The van der Waals surface area contributed by atoms with Gasteiger partial charge in [-0.05, 0) is 50.9 Å². The molecular formula is C15H26N2S. The lowest BCUT2D eigenvalue weighted by molar-refractivity contribution is 0.328. The zero-order valence-corrected chi connectivity index (χ0v) is 12.6. The number of likely N-dealkylation sites (N-methyl/N-ethyl adjacent to an activating group) is 2. The SMILES string of the molecule is CCNCCN(C)Cc1cc2c(s1)CCCCC2. The number of hydrogen-bond donors (Lipinski definition) is 1. The summed E-state index contributed by atoms with van der Waals surface area (Å²) in [5, 5.41) is 3.38. The number of nitrogens with one attached hydrogen (secondary N) is 1. The Bertz CT molecular complexity index is 336. The van der Waals surface area contributed by atoms with E-state index in [2.05, 4.69) is 41.6 Å². The first-order valence-corrected chi connectivity index (χ1v) is 8.11. The molecule has 1 aromatic rings.